The van der Waals surface area contributed by atoms with Crippen molar-refractivity contribution in [2.24, 2.45) is 0 Å². The average Bonchev–Trinajstić information content (AvgIpc) is 2.69. The number of halogens is 1. The van der Waals surface area contributed by atoms with E-state index in [1.165, 1.54) is 16.9 Å². The third-order valence-corrected chi connectivity index (χ3v) is 5.52. The van der Waals surface area contributed by atoms with Gasteiger partial charge in [0.2, 0.25) is 0 Å². The molecule has 0 aromatic heterocycles. The Morgan fingerprint density at radius 3 is 2.33 bits per heavy atom. The summed E-state index contributed by atoms with van der Waals surface area (Å²) in [7, 11) is 0. The van der Waals surface area contributed by atoms with Crippen LogP contribution in [0.15, 0.2) is 42.5 Å². The fraction of sp³-hybridized carbons (Fsp3) is 0.409. The Morgan fingerprint density at radius 1 is 1.04 bits per heavy atom. The van der Waals surface area contributed by atoms with Gasteiger partial charge in [0.1, 0.15) is 0 Å². The standard InChI is InChI=1S/C22H28ClN3O/c1-4-24(5-2)20-9-10-21(17(3)15-20)25-11-13-26(14-12-25)22(27)18-7-6-8-19(23)16-18/h6-10,15-16H,4-5,11-14H2,1-3H3. The first-order chi connectivity index (χ1) is 13.0. The van der Waals surface area contributed by atoms with Crippen LogP contribution in [0.4, 0.5) is 11.4 Å². The monoisotopic (exact) mass is 385 g/mol. The summed E-state index contributed by atoms with van der Waals surface area (Å²) in [6.07, 6.45) is 0. The molecule has 2 aromatic carbocycles. The molecular weight excluding hydrogens is 358 g/mol. The molecule has 1 saturated heterocycles. The van der Waals surface area contributed by atoms with Gasteiger partial charge in [0.05, 0.1) is 0 Å². The molecule has 3 rings (SSSR count). The van der Waals surface area contributed by atoms with Crippen LogP contribution in [0.5, 0.6) is 0 Å². The van der Waals surface area contributed by atoms with Crippen LogP contribution < -0.4 is 9.80 Å². The molecule has 1 heterocycles. The van der Waals surface area contributed by atoms with Crippen molar-refractivity contribution in [3.8, 4) is 0 Å². The van der Waals surface area contributed by atoms with E-state index in [1.54, 1.807) is 12.1 Å². The Bertz CT molecular complexity index is 796. The predicted octanol–water partition coefficient (Wildman–Crippen LogP) is 4.46. The maximum Gasteiger partial charge on any atom is 0.254 e. The molecule has 0 N–H and O–H groups in total. The number of piperazine rings is 1. The van der Waals surface area contributed by atoms with Crippen LogP contribution in [0.1, 0.15) is 29.8 Å². The highest BCUT2D eigenvalue weighted by molar-refractivity contribution is 6.30. The molecule has 0 bridgehead atoms. The van der Waals surface area contributed by atoms with Gasteiger partial charge in [0.15, 0.2) is 0 Å². The summed E-state index contributed by atoms with van der Waals surface area (Å²) in [5.74, 6) is 0.0609. The molecule has 0 spiro atoms. The number of hydrogen-bond acceptors (Lipinski definition) is 3. The van der Waals surface area contributed by atoms with E-state index in [0.717, 1.165) is 39.3 Å². The van der Waals surface area contributed by atoms with Crippen LogP contribution in [0.2, 0.25) is 5.02 Å². The highest BCUT2D eigenvalue weighted by Gasteiger charge is 2.23. The quantitative estimate of drug-likeness (QED) is 0.760. The number of rotatable bonds is 5. The first kappa shape index (κ1) is 19.6. The molecule has 1 amide bonds. The summed E-state index contributed by atoms with van der Waals surface area (Å²) >= 11 is 6.02. The maximum absolute atomic E-state index is 12.7. The molecular formula is C22H28ClN3O. The third-order valence-electron chi connectivity index (χ3n) is 5.29. The molecule has 144 valence electrons. The van der Waals surface area contributed by atoms with Gasteiger partial charge in [-0.1, -0.05) is 17.7 Å². The van der Waals surface area contributed by atoms with Gasteiger partial charge >= 0.3 is 0 Å². The maximum atomic E-state index is 12.7. The van der Waals surface area contributed by atoms with Gasteiger partial charge in [-0.2, -0.15) is 0 Å². The summed E-state index contributed by atoms with van der Waals surface area (Å²) in [5.41, 5.74) is 4.49. The van der Waals surface area contributed by atoms with E-state index in [9.17, 15) is 4.79 Å². The molecule has 1 aliphatic heterocycles. The van der Waals surface area contributed by atoms with Crippen LogP contribution in [0.3, 0.4) is 0 Å². The lowest BCUT2D eigenvalue weighted by atomic mass is 10.1. The van der Waals surface area contributed by atoms with E-state index in [-0.39, 0.29) is 5.91 Å². The second-order valence-electron chi connectivity index (χ2n) is 6.93. The summed E-state index contributed by atoms with van der Waals surface area (Å²) in [6, 6.07) is 13.9. The number of benzene rings is 2. The number of carbonyl (C=O) groups excluding carboxylic acids is 1. The van der Waals surface area contributed by atoms with Gasteiger partial charge in [-0.3, -0.25) is 4.79 Å². The van der Waals surface area contributed by atoms with Gasteiger partial charge in [-0.05, 0) is 62.7 Å². The van der Waals surface area contributed by atoms with Crippen molar-refractivity contribution < 1.29 is 4.79 Å². The first-order valence-corrected chi connectivity index (χ1v) is 10.1. The summed E-state index contributed by atoms with van der Waals surface area (Å²) in [4.78, 5) is 19.3. The van der Waals surface area contributed by atoms with E-state index >= 15 is 0 Å². The molecule has 0 aliphatic carbocycles. The molecule has 0 atom stereocenters. The molecule has 1 aliphatic rings. The second kappa shape index (κ2) is 8.66. The highest BCUT2D eigenvalue weighted by Crippen LogP contribution is 2.27. The summed E-state index contributed by atoms with van der Waals surface area (Å²) in [6.45, 7) is 11.7. The highest BCUT2D eigenvalue weighted by atomic mass is 35.5. The molecule has 4 nitrogen and oxygen atoms in total. The van der Waals surface area contributed by atoms with Gasteiger partial charge in [0.25, 0.3) is 5.91 Å². The number of aryl methyl sites for hydroxylation is 1. The number of amides is 1. The molecule has 1 fully saturated rings. The topological polar surface area (TPSA) is 26.8 Å². The zero-order valence-electron chi connectivity index (χ0n) is 16.4. The van der Waals surface area contributed by atoms with Crippen molar-refractivity contribution in [1.29, 1.82) is 0 Å². The Kier molecular flexibility index (Phi) is 6.27. The molecule has 2 aromatic rings. The van der Waals surface area contributed by atoms with Crippen LogP contribution >= 0.6 is 11.6 Å². The SMILES string of the molecule is CCN(CC)c1ccc(N2CCN(C(=O)c3cccc(Cl)c3)CC2)c(C)c1. The van der Waals surface area contributed by atoms with Crippen molar-refractivity contribution in [3.63, 3.8) is 0 Å². The fourth-order valence-corrected chi connectivity index (χ4v) is 3.92. The van der Waals surface area contributed by atoms with Gasteiger partial charge in [0, 0.05) is 61.2 Å². The molecule has 0 radical (unpaired) electrons. The van der Waals surface area contributed by atoms with E-state index in [0.29, 0.717) is 10.6 Å². The fourth-order valence-electron chi connectivity index (χ4n) is 3.73. The molecule has 27 heavy (non-hydrogen) atoms. The van der Waals surface area contributed by atoms with Crippen molar-refractivity contribution >= 4 is 28.9 Å². The lowest BCUT2D eigenvalue weighted by Gasteiger charge is -2.37. The van der Waals surface area contributed by atoms with E-state index < -0.39 is 0 Å². The first-order valence-electron chi connectivity index (χ1n) is 9.68. The van der Waals surface area contributed by atoms with Crippen molar-refractivity contribution in [2.45, 2.75) is 20.8 Å². The Balaban J connectivity index is 1.66. The molecule has 0 saturated carbocycles. The van der Waals surface area contributed by atoms with Gasteiger partial charge in [-0.25, -0.2) is 0 Å². The molecule has 5 heteroatoms. The Hall–Kier alpha value is -2.20. The number of hydrogen-bond donors (Lipinski definition) is 0. The van der Waals surface area contributed by atoms with Crippen molar-refractivity contribution in [1.82, 2.24) is 4.90 Å². The zero-order chi connectivity index (χ0) is 19.4. The van der Waals surface area contributed by atoms with Crippen LogP contribution in [-0.4, -0.2) is 50.1 Å². The smallest absolute Gasteiger partial charge is 0.254 e. The third kappa shape index (κ3) is 4.38. The van der Waals surface area contributed by atoms with Gasteiger partial charge < -0.3 is 14.7 Å². The number of anilines is 2. The summed E-state index contributed by atoms with van der Waals surface area (Å²) < 4.78 is 0. The number of carbonyl (C=O) groups is 1. The minimum Gasteiger partial charge on any atom is -0.372 e. The molecule has 0 unspecified atom stereocenters. The van der Waals surface area contributed by atoms with Crippen molar-refractivity contribution in [3.05, 3.63) is 58.6 Å². The van der Waals surface area contributed by atoms with E-state index in [4.69, 9.17) is 11.6 Å². The Labute approximate surface area is 167 Å². The van der Waals surface area contributed by atoms with Crippen LogP contribution in [0, 0.1) is 6.92 Å². The van der Waals surface area contributed by atoms with E-state index in [2.05, 4.69) is 48.8 Å². The predicted molar refractivity (Wildman–Crippen MR) is 114 cm³/mol. The minimum absolute atomic E-state index is 0.0609. The lowest BCUT2D eigenvalue weighted by molar-refractivity contribution is 0.0747. The average molecular weight is 386 g/mol. The largest absolute Gasteiger partial charge is 0.372 e. The Morgan fingerprint density at radius 2 is 1.74 bits per heavy atom. The van der Waals surface area contributed by atoms with Gasteiger partial charge in [-0.15, -0.1) is 0 Å². The zero-order valence-corrected chi connectivity index (χ0v) is 17.2. The summed E-state index contributed by atoms with van der Waals surface area (Å²) in [5, 5.41) is 0.600. The lowest BCUT2D eigenvalue weighted by Crippen LogP contribution is -2.49. The minimum atomic E-state index is 0.0609. The van der Waals surface area contributed by atoms with Crippen LogP contribution in [-0.2, 0) is 0 Å². The van der Waals surface area contributed by atoms with Crippen LogP contribution in [0.25, 0.3) is 0 Å². The van der Waals surface area contributed by atoms with Crippen molar-refractivity contribution in [2.75, 3.05) is 49.1 Å². The normalized spacial score (nSPS) is 14.4. The number of nitrogens with zero attached hydrogens (tertiary/aromatic N) is 3. The van der Waals surface area contributed by atoms with E-state index in [1.807, 2.05) is 17.0 Å². The second-order valence-corrected chi connectivity index (χ2v) is 7.37.